The molecule has 114 valence electrons. The monoisotopic (exact) mass is 334 g/mol. The smallest absolute Gasteiger partial charge is 0.269 e. The summed E-state index contributed by atoms with van der Waals surface area (Å²) in [6.45, 7) is 0. The molecule has 2 heterocycles. The van der Waals surface area contributed by atoms with Crippen LogP contribution in [0.2, 0.25) is 0 Å². The molecule has 8 heteroatoms. The molecule has 0 aliphatic rings. The van der Waals surface area contributed by atoms with Crippen LogP contribution in [0.3, 0.4) is 0 Å². The molecule has 2 aromatic rings. The summed E-state index contributed by atoms with van der Waals surface area (Å²) in [5, 5.41) is 5.08. The van der Waals surface area contributed by atoms with Gasteiger partial charge in [0.2, 0.25) is 0 Å². The molecule has 0 saturated carbocycles. The summed E-state index contributed by atoms with van der Waals surface area (Å²) >= 11 is 0. The fraction of sp³-hybridized carbons (Fsp3) is 0.143. The number of carbonyl (C=O) groups excluding carboxylic acids is 2. The molecule has 0 radical (unpaired) electrons. The summed E-state index contributed by atoms with van der Waals surface area (Å²) < 4.78 is 0. The first-order valence-corrected chi connectivity index (χ1v) is 8.50. The van der Waals surface area contributed by atoms with Gasteiger partial charge >= 0.3 is 0 Å². The van der Waals surface area contributed by atoms with Crippen molar-refractivity contribution in [3.63, 3.8) is 0 Å². The van der Waals surface area contributed by atoms with Crippen molar-refractivity contribution < 1.29 is 9.59 Å². The number of aromatic nitrogens is 2. The summed E-state index contributed by atoms with van der Waals surface area (Å²) in [7, 11) is 6.09. The molecule has 0 fully saturated rings. The number of amides is 2. The van der Waals surface area contributed by atoms with Crippen molar-refractivity contribution in [3.8, 4) is 0 Å². The predicted molar refractivity (Wildman–Crippen MR) is 87.0 cm³/mol. The van der Waals surface area contributed by atoms with E-state index in [1.54, 1.807) is 38.6 Å². The van der Waals surface area contributed by atoms with Crippen molar-refractivity contribution >= 4 is 33.4 Å². The Morgan fingerprint density at radius 2 is 1.27 bits per heavy atom. The van der Waals surface area contributed by atoms with E-state index in [0.717, 1.165) is 9.79 Å². The Bertz CT molecular complexity index is 635. The molecular formula is C14H14N4O2S2. The fourth-order valence-corrected chi connectivity index (χ4v) is 3.47. The molecule has 2 amide bonds. The highest BCUT2D eigenvalue weighted by atomic mass is 33.1. The van der Waals surface area contributed by atoms with E-state index in [2.05, 4.69) is 20.6 Å². The Morgan fingerprint density at radius 1 is 0.864 bits per heavy atom. The van der Waals surface area contributed by atoms with Crippen LogP contribution in [0, 0.1) is 0 Å². The van der Waals surface area contributed by atoms with Crippen LogP contribution in [0.25, 0.3) is 0 Å². The lowest BCUT2D eigenvalue weighted by Gasteiger charge is -2.04. The molecule has 2 N–H and O–H groups in total. The van der Waals surface area contributed by atoms with Gasteiger partial charge in [-0.2, -0.15) is 0 Å². The van der Waals surface area contributed by atoms with Crippen LogP contribution in [-0.4, -0.2) is 35.9 Å². The third kappa shape index (κ3) is 4.22. The van der Waals surface area contributed by atoms with E-state index in [-0.39, 0.29) is 11.8 Å². The number of hydrogen-bond acceptors (Lipinski definition) is 6. The van der Waals surface area contributed by atoms with Crippen LogP contribution >= 0.6 is 21.6 Å². The molecule has 22 heavy (non-hydrogen) atoms. The second kappa shape index (κ2) is 7.81. The number of hydrogen-bond donors (Lipinski definition) is 2. The van der Waals surface area contributed by atoms with Crippen LogP contribution in [0.5, 0.6) is 0 Å². The largest absolute Gasteiger partial charge is 0.354 e. The van der Waals surface area contributed by atoms with Crippen molar-refractivity contribution in [2.75, 3.05) is 14.1 Å². The highest BCUT2D eigenvalue weighted by molar-refractivity contribution is 8.76. The Balaban J connectivity index is 2.07. The fourth-order valence-electron chi connectivity index (χ4n) is 1.53. The molecule has 0 aliphatic heterocycles. The van der Waals surface area contributed by atoms with Gasteiger partial charge in [-0.3, -0.25) is 19.6 Å². The molecule has 0 unspecified atom stereocenters. The molecule has 2 rings (SSSR count). The van der Waals surface area contributed by atoms with Crippen molar-refractivity contribution in [1.29, 1.82) is 0 Å². The topological polar surface area (TPSA) is 84.0 Å². The lowest BCUT2D eigenvalue weighted by molar-refractivity contribution is 0.0950. The van der Waals surface area contributed by atoms with Crippen LogP contribution in [0.4, 0.5) is 0 Å². The maximum absolute atomic E-state index is 11.6. The highest BCUT2D eigenvalue weighted by Crippen LogP contribution is 2.37. The minimum atomic E-state index is -0.224. The zero-order valence-electron chi connectivity index (χ0n) is 12.0. The van der Waals surface area contributed by atoms with E-state index < -0.39 is 0 Å². The van der Waals surface area contributed by atoms with E-state index in [9.17, 15) is 9.59 Å². The van der Waals surface area contributed by atoms with E-state index in [1.165, 1.54) is 21.6 Å². The number of carbonyl (C=O) groups is 2. The quantitative estimate of drug-likeness (QED) is 0.814. The summed E-state index contributed by atoms with van der Waals surface area (Å²) in [5.41, 5.74) is 0.739. The summed E-state index contributed by atoms with van der Waals surface area (Å²) in [5.74, 6) is -0.448. The first-order valence-electron chi connectivity index (χ1n) is 6.35. The van der Waals surface area contributed by atoms with Gasteiger partial charge in [-0.05, 0) is 24.3 Å². The van der Waals surface area contributed by atoms with Gasteiger partial charge in [-0.25, -0.2) is 0 Å². The van der Waals surface area contributed by atoms with Crippen molar-refractivity contribution in [2.45, 2.75) is 9.79 Å². The Kier molecular flexibility index (Phi) is 5.79. The second-order valence-corrected chi connectivity index (χ2v) is 6.35. The van der Waals surface area contributed by atoms with E-state index in [4.69, 9.17) is 0 Å². The molecule has 6 nitrogen and oxygen atoms in total. The normalized spacial score (nSPS) is 10.1. The predicted octanol–water partition coefficient (Wildman–Crippen LogP) is 2.00. The van der Waals surface area contributed by atoms with Crippen molar-refractivity contribution in [3.05, 3.63) is 48.0 Å². The molecule has 0 aliphatic carbocycles. The van der Waals surface area contributed by atoms with Crippen molar-refractivity contribution in [2.24, 2.45) is 0 Å². The minimum absolute atomic E-state index is 0.224. The van der Waals surface area contributed by atoms with Gasteiger partial charge in [0.05, 0.1) is 0 Å². The van der Waals surface area contributed by atoms with Gasteiger partial charge in [0.15, 0.2) is 0 Å². The third-order valence-electron chi connectivity index (χ3n) is 2.62. The molecular weight excluding hydrogens is 320 g/mol. The molecule has 0 aromatic carbocycles. The van der Waals surface area contributed by atoms with Crippen LogP contribution in [0.1, 0.15) is 21.0 Å². The van der Waals surface area contributed by atoms with Crippen LogP contribution in [-0.2, 0) is 0 Å². The van der Waals surface area contributed by atoms with Gasteiger partial charge in [0.25, 0.3) is 11.8 Å². The van der Waals surface area contributed by atoms with Gasteiger partial charge in [0, 0.05) is 36.3 Å². The molecule has 0 saturated heterocycles. The lowest BCUT2D eigenvalue weighted by atomic mass is 10.3. The van der Waals surface area contributed by atoms with Gasteiger partial charge < -0.3 is 10.6 Å². The summed E-state index contributed by atoms with van der Waals surface area (Å²) in [6.07, 6.45) is 3.19. The molecule has 0 atom stereocenters. The number of pyridine rings is 2. The summed E-state index contributed by atoms with van der Waals surface area (Å²) in [6, 6.07) is 7.09. The van der Waals surface area contributed by atoms with Gasteiger partial charge in [-0.15, -0.1) is 0 Å². The Labute approximate surface area is 135 Å². The van der Waals surface area contributed by atoms with Crippen LogP contribution in [0.15, 0.2) is 46.5 Å². The Hall–Kier alpha value is -2.06. The number of nitrogens with zero attached hydrogens (tertiary/aromatic N) is 2. The standard InChI is InChI=1S/C14H14N4O2S2/c1-15-13(19)11-7-9(3-5-17-11)21-22-10-4-6-18-12(8-10)14(20)16-2/h3-8H,1-2H3,(H,15,19)(H,16,20). The number of rotatable bonds is 5. The highest BCUT2D eigenvalue weighted by Gasteiger charge is 2.08. The maximum Gasteiger partial charge on any atom is 0.269 e. The lowest BCUT2D eigenvalue weighted by Crippen LogP contribution is -2.19. The third-order valence-corrected chi connectivity index (χ3v) is 5.00. The first-order chi connectivity index (χ1) is 10.6. The van der Waals surface area contributed by atoms with E-state index in [1.807, 2.05) is 12.1 Å². The minimum Gasteiger partial charge on any atom is -0.354 e. The first kappa shape index (κ1) is 16.3. The Morgan fingerprint density at radius 3 is 1.64 bits per heavy atom. The zero-order chi connectivity index (χ0) is 15.9. The maximum atomic E-state index is 11.6. The average Bonchev–Trinajstić information content (AvgIpc) is 2.59. The van der Waals surface area contributed by atoms with Gasteiger partial charge in [-0.1, -0.05) is 21.6 Å². The van der Waals surface area contributed by atoms with Crippen LogP contribution < -0.4 is 10.6 Å². The number of nitrogens with one attached hydrogen (secondary N) is 2. The van der Waals surface area contributed by atoms with Gasteiger partial charge in [0.1, 0.15) is 11.4 Å². The van der Waals surface area contributed by atoms with E-state index >= 15 is 0 Å². The summed E-state index contributed by atoms with van der Waals surface area (Å²) in [4.78, 5) is 32.9. The van der Waals surface area contributed by atoms with Crippen molar-refractivity contribution in [1.82, 2.24) is 20.6 Å². The average molecular weight is 334 g/mol. The van der Waals surface area contributed by atoms with E-state index in [0.29, 0.717) is 11.4 Å². The molecule has 0 spiro atoms. The molecule has 2 aromatic heterocycles. The zero-order valence-corrected chi connectivity index (χ0v) is 13.6. The SMILES string of the molecule is CNC(=O)c1cc(SSc2ccnc(C(=O)NC)c2)ccn1. The molecule has 0 bridgehead atoms. The second-order valence-electron chi connectivity index (χ2n) is 4.08.